The normalized spacial score (nSPS) is 10.0. The number of nitrogens with one attached hydrogen (secondary N) is 2. The molecular weight excluding hydrogens is 302 g/mol. The first-order chi connectivity index (χ1) is 9.95. The second kappa shape index (κ2) is 6.32. The number of halogens is 3. The van der Waals surface area contributed by atoms with Crippen molar-refractivity contribution in [2.45, 2.75) is 0 Å². The number of benzene rings is 2. The van der Waals surface area contributed by atoms with Crippen molar-refractivity contribution in [1.29, 1.82) is 0 Å². The van der Waals surface area contributed by atoms with Gasteiger partial charge in [-0.2, -0.15) is 0 Å². The summed E-state index contributed by atoms with van der Waals surface area (Å²) in [4.78, 5) is 23.3. The van der Waals surface area contributed by atoms with Gasteiger partial charge in [0.25, 0.3) is 0 Å². The van der Waals surface area contributed by atoms with Crippen LogP contribution in [-0.2, 0) is 9.59 Å². The number of hydrogen-bond acceptors (Lipinski definition) is 2. The van der Waals surface area contributed by atoms with Gasteiger partial charge in [-0.25, -0.2) is 8.78 Å². The van der Waals surface area contributed by atoms with Crippen molar-refractivity contribution in [1.82, 2.24) is 0 Å². The average molecular weight is 311 g/mol. The van der Waals surface area contributed by atoms with Gasteiger partial charge in [-0.15, -0.1) is 0 Å². The maximum Gasteiger partial charge on any atom is 0.314 e. The van der Waals surface area contributed by atoms with Gasteiger partial charge in [-0.05, 0) is 30.3 Å². The molecule has 0 atom stereocenters. The molecule has 4 nitrogen and oxygen atoms in total. The topological polar surface area (TPSA) is 58.2 Å². The summed E-state index contributed by atoms with van der Waals surface area (Å²) in [5, 5.41) is 4.73. The highest BCUT2D eigenvalue weighted by Gasteiger charge is 2.16. The Hall–Kier alpha value is -2.47. The molecule has 2 amide bonds. The molecule has 0 saturated carbocycles. The zero-order valence-electron chi connectivity index (χ0n) is 10.5. The van der Waals surface area contributed by atoms with Gasteiger partial charge in [0.1, 0.15) is 11.6 Å². The Kier molecular flexibility index (Phi) is 4.49. The van der Waals surface area contributed by atoms with Crippen LogP contribution in [0.2, 0.25) is 5.02 Å². The molecule has 0 aliphatic rings. The summed E-state index contributed by atoms with van der Waals surface area (Å²) >= 11 is 5.74. The first-order valence-corrected chi connectivity index (χ1v) is 6.16. The summed E-state index contributed by atoms with van der Waals surface area (Å²) in [6, 6.07) is 8.77. The van der Waals surface area contributed by atoms with E-state index >= 15 is 0 Å². The molecule has 2 aromatic carbocycles. The molecule has 2 rings (SSSR count). The van der Waals surface area contributed by atoms with Crippen molar-refractivity contribution >= 4 is 34.8 Å². The van der Waals surface area contributed by atoms with Crippen molar-refractivity contribution < 1.29 is 18.4 Å². The lowest BCUT2D eigenvalue weighted by atomic mass is 10.3. The number of carbonyl (C=O) groups is 2. The summed E-state index contributed by atoms with van der Waals surface area (Å²) in [5.74, 6) is -3.84. The molecule has 0 heterocycles. The molecule has 2 N–H and O–H groups in total. The summed E-state index contributed by atoms with van der Waals surface area (Å²) in [5.41, 5.74) is 0.0323. The summed E-state index contributed by atoms with van der Waals surface area (Å²) in [6.07, 6.45) is 0. The average Bonchev–Trinajstić information content (AvgIpc) is 2.41. The lowest BCUT2D eigenvalue weighted by Crippen LogP contribution is -2.29. The van der Waals surface area contributed by atoms with Crippen LogP contribution in [-0.4, -0.2) is 11.8 Å². The standard InChI is InChI=1S/C14H9ClF2N2O2/c15-8-2-1-3-10(6-8)18-13(20)14(21)19-12-5-4-9(16)7-11(12)17/h1-7H,(H,18,20)(H,19,21). The van der Waals surface area contributed by atoms with Gasteiger partial charge in [0.15, 0.2) is 0 Å². The molecule has 7 heteroatoms. The molecule has 0 bridgehead atoms. The van der Waals surface area contributed by atoms with Crippen LogP contribution >= 0.6 is 11.6 Å². The zero-order chi connectivity index (χ0) is 15.4. The van der Waals surface area contributed by atoms with E-state index in [1.54, 1.807) is 12.1 Å². The van der Waals surface area contributed by atoms with E-state index in [1.165, 1.54) is 12.1 Å². The molecule has 0 spiro atoms. The molecule has 0 saturated heterocycles. The van der Waals surface area contributed by atoms with Gasteiger partial charge in [-0.3, -0.25) is 9.59 Å². The van der Waals surface area contributed by atoms with Crippen LogP contribution in [0.3, 0.4) is 0 Å². The van der Waals surface area contributed by atoms with Gasteiger partial charge in [0, 0.05) is 16.8 Å². The molecule has 108 valence electrons. The SMILES string of the molecule is O=C(Nc1cccc(Cl)c1)C(=O)Nc1ccc(F)cc1F. The van der Waals surface area contributed by atoms with Crippen molar-refractivity contribution in [3.8, 4) is 0 Å². The van der Waals surface area contributed by atoms with Gasteiger partial charge < -0.3 is 10.6 Å². The number of hydrogen-bond donors (Lipinski definition) is 2. The molecule has 0 unspecified atom stereocenters. The predicted molar refractivity (Wildman–Crippen MR) is 75.1 cm³/mol. The number of amides is 2. The summed E-state index contributed by atoms with van der Waals surface area (Å²) in [7, 11) is 0. The van der Waals surface area contributed by atoms with E-state index < -0.39 is 23.4 Å². The fourth-order valence-corrected chi connectivity index (χ4v) is 1.71. The van der Waals surface area contributed by atoms with E-state index in [1.807, 2.05) is 5.32 Å². The Labute approximate surface area is 123 Å². The Morgan fingerprint density at radius 3 is 2.33 bits per heavy atom. The van der Waals surface area contributed by atoms with E-state index in [2.05, 4.69) is 5.32 Å². The van der Waals surface area contributed by atoms with Crippen LogP contribution in [0.4, 0.5) is 20.2 Å². The van der Waals surface area contributed by atoms with Gasteiger partial charge in [-0.1, -0.05) is 17.7 Å². The monoisotopic (exact) mass is 310 g/mol. The fourth-order valence-electron chi connectivity index (χ4n) is 1.52. The largest absolute Gasteiger partial charge is 0.318 e. The Balaban J connectivity index is 2.04. The third-order valence-electron chi connectivity index (χ3n) is 2.47. The van der Waals surface area contributed by atoms with Crippen molar-refractivity contribution in [2.24, 2.45) is 0 Å². The first-order valence-electron chi connectivity index (χ1n) is 5.78. The smallest absolute Gasteiger partial charge is 0.314 e. The molecule has 2 aromatic rings. The van der Waals surface area contributed by atoms with Crippen LogP contribution in [0, 0.1) is 11.6 Å². The maximum atomic E-state index is 13.4. The fraction of sp³-hybridized carbons (Fsp3) is 0. The maximum absolute atomic E-state index is 13.4. The van der Waals surface area contributed by atoms with E-state index in [4.69, 9.17) is 11.6 Å². The highest BCUT2D eigenvalue weighted by atomic mass is 35.5. The third-order valence-corrected chi connectivity index (χ3v) is 2.70. The van der Waals surface area contributed by atoms with E-state index in [0.29, 0.717) is 16.8 Å². The summed E-state index contributed by atoms with van der Waals surface area (Å²) in [6.45, 7) is 0. The molecular formula is C14H9ClF2N2O2. The van der Waals surface area contributed by atoms with E-state index in [0.717, 1.165) is 12.1 Å². The van der Waals surface area contributed by atoms with E-state index in [-0.39, 0.29) is 5.69 Å². The van der Waals surface area contributed by atoms with Crippen molar-refractivity contribution in [3.63, 3.8) is 0 Å². The molecule has 0 aromatic heterocycles. The number of carbonyl (C=O) groups excluding carboxylic acids is 2. The molecule has 21 heavy (non-hydrogen) atoms. The Morgan fingerprint density at radius 2 is 1.67 bits per heavy atom. The number of rotatable bonds is 2. The molecule has 0 aliphatic heterocycles. The van der Waals surface area contributed by atoms with Crippen LogP contribution < -0.4 is 10.6 Å². The number of anilines is 2. The molecule has 0 radical (unpaired) electrons. The molecule has 0 fully saturated rings. The lowest BCUT2D eigenvalue weighted by Gasteiger charge is -2.07. The first kappa shape index (κ1) is 14.9. The van der Waals surface area contributed by atoms with Crippen molar-refractivity contribution in [3.05, 3.63) is 59.1 Å². The zero-order valence-corrected chi connectivity index (χ0v) is 11.2. The highest BCUT2D eigenvalue weighted by molar-refractivity contribution is 6.43. The predicted octanol–water partition coefficient (Wildman–Crippen LogP) is 3.20. The van der Waals surface area contributed by atoms with E-state index in [9.17, 15) is 18.4 Å². The summed E-state index contributed by atoms with van der Waals surface area (Å²) < 4.78 is 26.1. The van der Waals surface area contributed by atoms with Gasteiger partial charge in [0.05, 0.1) is 5.69 Å². The third kappa shape index (κ3) is 4.00. The minimum Gasteiger partial charge on any atom is -0.318 e. The minimum absolute atomic E-state index is 0.289. The minimum atomic E-state index is -1.08. The van der Waals surface area contributed by atoms with Crippen LogP contribution in [0.1, 0.15) is 0 Å². The lowest BCUT2D eigenvalue weighted by molar-refractivity contribution is -0.133. The molecule has 0 aliphatic carbocycles. The highest BCUT2D eigenvalue weighted by Crippen LogP contribution is 2.16. The Morgan fingerprint density at radius 1 is 0.952 bits per heavy atom. The van der Waals surface area contributed by atoms with Crippen LogP contribution in [0.15, 0.2) is 42.5 Å². The van der Waals surface area contributed by atoms with Gasteiger partial charge >= 0.3 is 11.8 Å². The van der Waals surface area contributed by atoms with Crippen LogP contribution in [0.25, 0.3) is 0 Å². The second-order valence-electron chi connectivity index (χ2n) is 4.04. The van der Waals surface area contributed by atoms with Crippen molar-refractivity contribution in [2.75, 3.05) is 10.6 Å². The van der Waals surface area contributed by atoms with Crippen LogP contribution in [0.5, 0.6) is 0 Å². The second-order valence-corrected chi connectivity index (χ2v) is 4.48. The quantitative estimate of drug-likeness (QED) is 0.837. The van der Waals surface area contributed by atoms with Gasteiger partial charge in [0.2, 0.25) is 0 Å². The Bertz CT molecular complexity index is 707.